The minimum atomic E-state index is -0.477. The van der Waals surface area contributed by atoms with E-state index in [0.717, 1.165) is 18.4 Å². The fourth-order valence-electron chi connectivity index (χ4n) is 2.53. The molecule has 24 heavy (non-hydrogen) atoms. The van der Waals surface area contributed by atoms with E-state index in [0.29, 0.717) is 24.4 Å². The number of benzene rings is 1. The van der Waals surface area contributed by atoms with Crippen LogP contribution in [0.15, 0.2) is 24.3 Å². The molecule has 0 aliphatic heterocycles. The van der Waals surface area contributed by atoms with Gasteiger partial charge in [-0.25, -0.2) is 0 Å². The molecule has 1 N–H and O–H groups in total. The molecule has 0 fully saturated rings. The van der Waals surface area contributed by atoms with Crippen LogP contribution >= 0.6 is 11.6 Å². The zero-order valence-corrected chi connectivity index (χ0v) is 15.9. The van der Waals surface area contributed by atoms with Gasteiger partial charge in [-0.1, -0.05) is 50.6 Å². The molecule has 2 atom stereocenters. The van der Waals surface area contributed by atoms with Crippen LogP contribution in [0.25, 0.3) is 0 Å². The average Bonchev–Trinajstić information content (AvgIpc) is 2.56. The summed E-state index contributed by atoms with van der Waals surface area (Å²) < 4.78 is 0. The van der Waals surface area contributed by atoms with Crippen LogP contribution in [0.3, 0.4) is 0 Å². The first-order valence-electron chi connectivity index (χ1n) is 8.77. The summed E-state index contributed by atoms with van der Waals surface area (Å²) in [5.74, 6) is -0.105. The lowest BCUT2D eigenvalue weighted by Crippen LogP contribution is -2.50. The molecule has 1 rings (SSSR count). The number of carbonyl (C=O) groups is 2. The highest BCUT2D eigenvalue weighted by molar-refractivity contribution is 6.31. The number of hydrogen-bond donors (Lipinski definition) is 1. The Kier molecular flexibility index (Phi) is 8.83. The molecule has 5 heteroatoms. The van der Waals surface area contributed by atoms with Crippen molar-refractivity contribution in [3.05, 3.63) is 34.9 Å². The molecular formula is C19H29ClN2O2. The summed E-state index contributed by atoms with van der Waals surface area (Å²) in [6.45, 7) is 8.24. The molecule has 4 nitrogen and oxygen atoms in total. The van der Waals surface area contributed by atoms with Crippen molar-refractivity contribution in [3.63, 3.8) is 0 Å². The van der Waals surface area contributed by atoms with E-state index < -0.39 is 6.04 Å². The van der Waals surface area contributed by atoms with Gasteiger partial charge in [-0.2, -0.15) is 0 Å². The standard InChI is InChI=1S/C19H29ClN2O2/c1-5-10-18(23)22(13-15-11-8-9-12-16(15)20)17(7-3)19(24)21-14(4)6-2/h8-9,11-12,14,17H,5-7,10,13H2,1-4H3,(H,21,24)/t14-,17-/m1/s1. The van der Waals surface area contributed by atoms with Crippen molar-refractivity contribution < 1.29 is 9.59 Å². The quantitative estimate of drug-likeness (QED) is 0.725. The molecule has 1 aromatic carbocycles. The maximum atomic E-state index is 12.6. The minimum absolute atomic E-state index is 0.0106. The Morgan fingerprint density at radius 2 is 1.83 bits per heavy atom. The Bertz CT molecular complexity index is 548. The lowest BCUT2D eigenvalue weighted by Gasteiger charge is -2.31. The second kappa shape index (κ2) is 10.3. The summed E-state index contributed by atoms with van der Waals surface area (Å²) in [5.41, 5.74) is 0.860. The maximum Gasteiger partial charge on any atom is 0.243 e. The van der Waals surface area contributed by atoms with Crippen LogP contribution < -0.4 is 5.32 Å². The highest BCUT2D eigenvalue weighted by Crippen LogP contribution is 2.20. The van der Waals surface area contributed by atoms with E-state index in [4.69, 9.17) is 11.6 Å². The smallest absolute Gasteiger partial charge is 0.243 e. The van der Waals surface area contributed by atoms with E-state index in [1.165, 1.54) is 0 Å². The van der Waals surface area contributed by atoms with E-state index in [2.05, 4.69) is 5.32 Å². The van der Waals surface area contributed by atoms with Gasteiger partial charge in [0.15, 0.2) is 0 Å². The third-order valence-electron chi connectivity index (χ3n) is 4.15. The normalized spacial score (nSPS) is 13.2. The molecule has 0 aliphatic carbocycles. The Labute approximate surface area is 150 Å². The van der Waals surface area contributed by atoms with E-state index >= 15 is 0 Å². The van der Waals surface area contributed by atoms with Crippen LogP contribution in [-0.2, 0) is 16.1 Å². The Morgan fingerprint density at radius 3 is 2.38 bits per heavy atom. The van der Waals surface area contributed by atoms with Gasteiger partial charge in [0.25, 0.3) is 0 Å². The minimum Gasteiger partial charge on any atom is -0.352 e. The number of carbonyl (C=O) groups excluding carboxylic acids is 2. The third kappa shape index (κ3) is 5.82. The SMILES string of the molecule is CCCC(=O)N(Cc1ccccc1Cl)[C@H](CC)C(=O)N[C@H](C)CC. The highest BCUT2D eigenvalue weighted by Gasteiger charge is 2.29. The fourth-order valence-corrected chi connectivity index (χ4v) is 2.72. The molecule has 0 bridgehead atoms. The number of rotatable bonds is 9. The molecule has 0 saturated heterocycles. The van der Waals surface area contributed by atoms with Gasteiger partial charge >= 0.3 is 0 Å². The maximum absolute atomic E-state index is 12.6. The van der Waals surface area contributed by atoms with Crippen molar-refractivity contribution in [2.75, 3.05) is 0 Å². The number of halogens is 1. The summed E-state index contributed by atoms with van der Waals surface area (Å²) in [4.78, 5) is 26.9. The summed E-state index contributed by atoms with van der Waals surface area (Å²) in [5, 5.41) is 3.61. The van der Waals surface area contributed by atoms with Crippen molar-refractivity contribution in [2.24, 2.45) is 0 Å². The van der Waals surface area contributed by atoms with Crippen LogP contribution in [0, 0.1) is 0 Å². The predicted octanol–water partition coefficient (Wildman–Crippen LogP) is 4.16. The molecule has 2 amide bonds. The summed E-state index contributed by atoms with van der Waals surface area (Å²) in [7, 11) is 0. The molecule has 0 aromatic heterocycles. The molecule has 1 aromatic rings. The van der Waals surface area contributed by atoms with Gasteiger partial charge in [-0.3, -0.25) is 9.59 Å². The van der Waals surface area contributed by atoms with E-state index in [1.54, 1.807) is 11.0 Å². The molecule has 0 unspecified atom stereocenters. The first-order valence-corrected chi connectivity index (χ1v) is 9.15. The van der Waals surface area contributed by atoms with Gasteiger partial charge in [0, 0.05) is 24.0 Å². The number of hydrogen-bond acceptors (Lipinski definition) is 2. The van der Waals surface area contributed by atoms with E-state index in [1.807, 2.05) is 45.9 Å². The summed E-state index contributed by atoms with van der Waals surface area (Å²) in [6.07, 6.45) is 2.61. The lowest BCUT2D eigenvalue weighted by atomic mass is 10.1. The van der Waals surface area contributed by atoms with Gasteiger partial charge < -0.3 is 10.2 Å². The Balaban J connectivity index is 3.04. The molecule has 134 valence electrons. The molecule has 0 spiro atoms. The molecular weight excluding hydrogens is 324 g/mol. The van der Waals surface area contributed by atoms with Gasteiger partial charge in [0.1, 0.15) is 6.04 Å². The third-order valence-corrected chi connectivity index (χ3v) is 4.52. The highest BCUT2D eigenvalue weighted by atomic mass is 35.5. The van der Waals surface area contributed by atoms with Crippen LogP contribution in [0.2, 0.25) is 5.02 Å². The second-order valence-corrected chi connectivity index (χ2v) is 6.51. The number of nitrogens with zero attached hydrogens (tertiary/aromatic N) is 1. The molecule has 0 heterocycles. The fraction of sp³-hybridized carbons (Fsp3) is 0.579. The first kappa shape index (κ1) is 20.5. The van der Waals surface area contributed by atoms with Crippen LogP contribution in [0.4, 0.5) is 0 Å². The van der Waals surface area contributed by atoms with Crippen molar-refractivity contribution in [2.45, 2.75) is 72.0 Å². The monoisotopic (exact) mass is 352 g/mol. The summed E-state index contributed by atoms with van der Waals surface area (Å²) >= 11 is 6.25. The number of nitrogens with one attached hydrogen (secondary N) is 1. The van der Waals surface area contributed by atoms with Crippen LogP contribution in [0.1, 0.15) is 58.9 Å². The lowest BCUT2D eigenvalue weighted by molar-refractivity contribution is -0.141. The second-order valence-electron chi connectivity index (χ2n) is 6.10. The average molecular weight is 353 g/mol. The Hall–Kier alpha value is -1.55. The summed E-state index contributed by atoms with van der Waals surface area (Å²) in [6, 6.07) is 7.07. The molecule has 0 radical (unpaired) electrons. The van der Waals surface area contributed by atoms with Crippen molar-refractivity contribution in [3.8, 4) is 0 Å². The van der Waals surface area contributed by atoms with Crippen LogP contribution in [-0.4, -0.2) is 28.8 Å². The van der Waals surface area contributed by atoms with Crippen LogP contribution in [0.5, 0.6) is 0 Å². The van der Waals surface area contributed by atoms with Gasteiger partial charge in [0.05, 0.1) is 0 Å². The van der Waals surface area contributed by atoms with E-state index in [9.17, 15) is 9.59 Å². The molecule has 0 aliphatic rings. The zero-order chi connectivity index (χ0) is 18.1. The van der Waals surface area contributed by atoms with Gasteiger partial charge in [0.2, 0.25) is 11.8 Å². The zero-order valence-electron chi connectivity index (χ0n) is 15.1. The molecule has 0 saturated carbocycles. The van der Waals surface area contributed by atoms with Gasteiger partial charge in [-0.15, -0.1) is 0 Å². The number of amides is 2. The van der Waals surface area contributed by atoms with Crippen molar-refractivity contribution >= 4 is 23.4 Å². The Morgan fingerprint density at radius 1 is 1.17 bits per heavy atom. The predicted molar refractivity (Wildman–Crippen MR) is 98.9 cm³/mol. The van der Waals surface area contributed by atoms with Crippen molar-refractivity contribution in [1.82, 2.24) is 10.2 Å². The largest absolute Gasteiger partial charge is 0.352 e. The first-order chi connectivity index (χ1) is 11.4. The van der Waals surface area contributed by atoms with Gasteiger partial charge in [-0.05, 0) is 37.8 Å². The topological polar surface area (TPSA) is 49.4 Å². The van der Waals surface area contributed by atoms with E-state index in [-0.39, 0.29) is 17.9 Å². The van der Waals surface area contributed by atoms with Crippen molar-refractivity contribution in [1.29, 1.82) is 0 Å².